The Labute approximate surface area is 346 Å². The summed E-state index contributed by atoms with van der Waals surface area (Å²) in [5.41, 5.74) is 12.1. The summed E-state index contributed by atoms with van der Waals surface area (Å²) in [4.78, 5) is 4.64. The maximum atomic E-state index is 7.05. The molecule has 0 saturated carbocycles. The molecule has 0 radical (unpaired) electrons. The highest BCUT2D eigenvalue weighted by Gasteiger charge is 2.22. The topological polar surface area (TPSA) is 32.8 Å². The van der Waals surface area contributed by atoms with Crippen molar-refractivity contribution >= 4 is 99.5 Å². The first-order valence-corrected chi connectivity index (χ1v) is 20.3. The Kier molecular flexibility index (Phi) is 7.82. The zero-order valence-electron chi connectivity index (χ0n) is 32.5. The zero-order chi connectivity index (χ0) is 39.6. The number of para-hydroxylation sites is 4. The van der Waals surface area contributed by atoms with Gasteiger partial charge in [-0.15, -0.1) is 0 Å². The number of anilines is 6. The third-order valence-electron chi connectivity index (χ3n) is 11.8. The summed E-state index contributed by atoms with van der Waals surface area (Å²) in [5, 5.41) is 8.97. The highest BCUT2D eigenvalue weighted by Crippen LogP contribution is 2.47. The molecule has 12 rings (SSSR count). The Morgan fingerprint density at radius 1 is 0.283 bits per heavy atom. The molecule has 0 bridgehead atoms. The molecule has 0 fully saturated rings. The molecular weight excluding hydrogens is 733 g/mol. The quantitative estimate of drug-likeness (QED) is 0.151. The van der Waals surface area contributed by atoms with Crippen LogP contribution in [0.5, 0.6) is 0 Å². The summed E-state index contributed by atoms with van der Waals surface area (Å²) in [5.74, 6) is 0. The van der Waals surface area contributed by atoms with Crippen LogP contribution < -0.4 is 9.80 Å². The Balaban J connectivity index is 1.05. The lowest BCUT2D eigenvalue weighted by Crippen LogP contribution is -2.11. The molecule has 60 heavy (non-hydrogen) atoms. The van der Waals surface area contributed by atoms with Crippen LogP contribution in [0.3, 0.4) is 0 Å². The lowest BCUT2D eigenvalue weighted by atomic mass is 9.96. The van der Waals surface area contributed by atoms with Gasteiger partial charge in [0, 0.05) is 73.1 Å². The SMILES string of the molecule is c1ccc(-c2ccccc2N(c2ccccc2)c2ccc3c(c2)oc2c4ccc(N(c5ccccc5)c5ccc6c(c5)oc5ccccc56)cc4c4ccccc4c32)cc1. The highest BCUT2D eigenvalue weighted by atomic mass is 16.3. The maximum Gasteiger partial charge on any atom is 0.143 e. The summed E-state index contributed by atoms with van der Waals surface area (Å²) in [6.07, 6.45) is 0. The molecule has 0 saturated heterocycles. The number of nitrogens with zero attached hydrogens (tertiary/aromatic N) is 2. The average Bonchev–Trinajstić information content (AvgIpc) is 3.89. The summed E-state index contributed by atoms with van der Waals surface area (Å²) < 4.78 is 13.4. The van der Waals surface area contributed by atoms with Crippen LogP contribution in [-0.4, -0.2) is 0 Å². The van der Waals surface area contributed by atoms with E-state index in [0.717, 1.165) is 105 Å². The monoisotopic (exact) mass is 768 g/mol. The second-order valence-corrected chi connectivity index (χ2v) is 15.3. The molecule has 0 aliphatic rings. The maximum absolute atomic E-state index is 7.05. The van der Waals surface area contributed by atoms with E-state index in [1.54, 1.807) is 0 Å². The van der Waals surface area contributed by atoms with Crippen LogP contribution in [0.1, 0.15) is 0 Å². The smallest absolute Gasteiger partial charge is 0.143 e. The third kappa shape index (κ3) is 5.46. The Bertz CT molecular complexity index is 3550. The second kappa shape index (κ2) is 13.8. The van der Waals surface area contributed by atoms with E-state index in [0.29, 0.717) is 0 Å². The van der Waals surface area contributed by atoms with Crippen molar-refractivity contribution in [1.82, 2.24) is 0 Å². The second-order valence-electron chi connectivity index (χ2n) is 15.3. The van der Waals surface area contributed by atoms with Crippen molar-refractivity contribution in [2.75, 3.05) is 9.80 Å². The Hall–Kier alpha value is -8.08. The van der Waals surface area contributed by atoms with Gasteiger partial charge in [0.1, 0.15) is 22.3 Å². The molecular formula is C56H36N2O2. The minimum absolute atomic E-state index is 0.840. The van der Waals surface area contributed by atoms with Gasteiger partial charge in [-0.3, -0.25) is 0 Å². The fraction of sp³-hybridized carbons (Fsp3) is 0. The normalized spacial score (nSPS) is 11.7. The first kappa shape index (κ1) is 34.0. The van der Waals surface area contributed by atoms with Gasteiger partial charge in [0.05, 0.1) is 5.69 Å². The van der Waals surface area contributed by atoms with Gasteiger partial charge < -0.3 is 18.6 Å². The molecule has 4 heteroatoms. The molecule has 0 aliphatic heterocycles. The van der Waals surface area contributed by atoms with Gasteiger partial charge in [-0.2, -0.15) is 0 Å². The van der Waals surface area contributed by atoms with E-state index in [1.165, 1.54) is 5.39 Å². The zero-order valence-corrected chi connectivity index (χ0v) is 32.5. The summed E-state index contributed by atoms with van der Waals surface area (Å²) in [6, 6.07) is 77.2. The van der Waals surface area contributed by atoms with Crippen LogP contribution in [0, 0.1) is 0 Å². The predicted molar refractivity (Wildman–Crippen MR) is 251 cm³/mol. The predicted octanol–water partition coefficient (Wildman–Crippen LogP) is 16.4. The van der Waals surface area contributed by atoms with Gasteiger partial charge in [0.25, 0.3) is 0 Å². The fourth-order valence-corrected chi connectivity index (χ4v) is 9.12. The highest BCUT2D eigenvalue weighted by molar-refractivity contribution is 6.30. The van der Waals surface area contributed by atoms with Gasteiger partial charge in [0.15, 0.2) is 0 Å². The summed E-state index contributed by atoms with van der Waals surface area (Å²) >= 11 is 0. The van der Waals surface area contributed by atoms with E-state index < -0.39 is 0 Å². The molecule has 0 spiro atoms. The van der Waals surface area contributed by atoms with Crippen molar-refractivity contribution in [1.29, 1.82) is 0 Å². The molecule has 282 valence electrons. The van der Waals surface area contributed by atoms with E-state index in [4.69, 9.17) is 8.83 Å². The van der Waals surface area contributed by atoms with Crippen molar-refractivity contribution in [2.24, 2.45) is 0 Å². The van der Waals surface area contributed by atoms with Crippen molar-refractivity contribution in [2.45, 2.75) is 0 Å². The van der Waals surface area contributed by atoms with Crippen LogP contribution in [-0.2, 0) is 0 Å². The minimum atomic E-state index is 0.840. The number of hydrogen-bond donors (Lipinski definition) is 0. The number of rotatable bonds is 7. The molecule has 12 aromatic rings. The number of furan rings is 2. The van der Waals surface area contributed by atoms with Crippen LogP contribution in [0.25, 0.3) is 76.5 Å². The van der Waals surface area contributed by atoms with Crippen LogP contribution in [0.15, 0.2) is 227 Å². The van der Waals surface area contributed by atoms with Crippen molar-refractivity contribution in [3.63, 3.8) is 0 Å². The average molecular weight is 769 g/mol. The lowest BCUT2D eigenvalue weighted by Gasteiger charge is -2.27. The van der Waals surface area contributed by atoms with E-state index in [1.807, 2.05) is 12.1 Å². The molecule has 4 nitrogen and oxygen atoms in total. The van der Waals surface area contributed by atoms with E-state index in [-0.39, 0.29) is 0 Å². The Morgan fingerprint density at radius 3 is 1.55 bits per heavy atom. The molecule has 0 N–H and O–H groups in total. The first-order chi connectivity index (χ1) is 29.8. The first-order valence-electron chi connectivity index (χ1n) is 20.3. The van der Waals surface area contributed by atoms with Gasteiger partial charge in [-0.05, 0) is 101 Å². The van der Waals surface area contributed by atoms with Crippen molar-refractivity contribution < 1.29 is 8.83 Å². The van der Waals surface area contributed by atoms with Crippen LogP contribution in [0.2, 0.25) is 0 Å². The summed E-state index contributed by atoms with van der Waals surface area (Å²) in [6.45, 7) is 0. The number of fused-ring (bicyclic) bond motifs is 11. The number of hydrogen-bond acceptors (Lipinski definition) is 4. The van der Waals surface area contributed by atoms with Crippen molar-refractivity contribution in [3.05, 3.63) is 218 Å². The fourth-order valence-electron chi connectivity index (χ4n) is 9.12. The van der Waals surface area contributed by atoms with Gasteiger partial charge in [-0.1, -0.05) is 127 Å². The van der Waals surface area contributed by atoms with Crippen LogP contribution >= 0.6 is 0 Å². The molecule has 0 atom stereocenters. The minimum Gasteiger partial charge on any atom is -0.456 e. The molecule has 0 amide bonds. The largest absolute Gasteiger partial charge is 0.456 e. The van der Waals surface area contributed by atoms with E-state index in [9.17, 15) is 0 Å². The summed E-state index contributed by atoms with van der Waals surface area (Å²) in [7, 11) is 0. The molecule has 0 aliphatic carbocycles. The molecule has 10 aromatic carbocycles. The third-order valence-corrected chi connectivity index (χ3v) is 11.8. The molecule has 0 unspecified atom stereocenters. The number of benzene rings is 10. The lowest BCUT2D eigenvalue weighted by molar-refractivity contribution is 0.669. The van der Waals surface area contributed by atoms with Crippen LogP contribution in [0.4, 0.5) is 34.1 Å². The van der Waals surface area contributed by atoms with E-state index in [2.05, 4.69) is 216 Å². The van der Waals surface area contributed by atoms with Gasteiger partial charge in [0.2, 0.25) is 0 Å². The Morgan fingerprint density at radius 2 is 0.800 bits per heavy atom. The van der Waals surface area contributed by atoms with Crippen molar-refractivity contribution in [3.8, 4) is 11.1 Å². The molecule has 2 aromatic heterocycles. The van der Waals surface area contributed by atoms with Gasteiger partial charge in [-0.25, -0.2) is 0 Å². The molecule has 2 heterocycles. The van der Waals surface area contributed by atoms with Gasteiger partial charge >= 0.3 is 0 Å². The standard InChI is InChI=1S/C56H36N2O2/c1-4-16-37(17-5-1)43-22-12-14-26-51(43)58(39-20-8-3-9-21-39)42-30-33-49-54(36-42)60-56-48-32-29-40(34-50(48)44-23-10-11-25-47(44)55(49)56)57(38-18-6-2-7-19-38)41-28-31-46-45-24-13-15-27-52(45)59-53(46)35-41/h1-36H. The van der Waals surface area contributed by atoms with E-state index >= 15 is 0 Å².